The third-order valence-corrected chi connectivity index (χ3v) is 2.43. The maximum Gasteiger partial charge on any atom is 0.269 e. The predicted octanol–water partition coefficient (Wildman–Crippen LogP) is 2.16. The quantitative estimate of drug-likeness (QED) is 0.481. The predicted molar refractivity (Wildman–Crippen MR) is 62.5 cm³/mol. The van der Waals surface area contributed by atoms with Gasteiger partial charge in [0.1, 0.15) is 6.10 Å². The Morgan fingerprint density at radius 2 is 2.00 bits per heavy atom. The molecule has 0 fully saturated rings. The van der Waals surface area contributed by atoms with E-state index in [9.17, 15) is 20.0 Å². The second-order valence-electron chi connectivity index (χ2n) is 3.55. The van der Waals surface area contributed by atoms with Crippen molar-refractivity contribution >= 4 is 11.5 Å². The van der Waals surface area contributed by atoms with Gasteiger partial charge in [-0.15, -0.1) is 0 Å². The molecule has 0 aliphatic carbocycles. The Morgan fingerprint density at radius 1 is 1.47 bits per heavy atom. The lowest BCUT2D eigenvalue weighted by molar-refractivity contribution is -0.384. The number of carbonyl (C=O) groups excluding carboxylic acids is 1. The van der Waals surface area contributed by atoms with Crippen LogP contribution < -0.4 is 0 Å². The number of nitro benzene ring substituents is 1. The van der Waals surface area contributed by atoms with Crippen LogP contribution in [0.1, 0.15) is 25.0 Å². The number of nitro groups is 1. The number of carbonyl (C=O) groups is 1. The van der Waals surface area contributed by atoms with Gasteiger partial charge >= 0.3 is 0 Å². The number of ketones is 1. The average Bonchev–Trinajstić information content (AvgIpc) is 2.36. The van der Waals surface area contributed by atoms with Crippen molar-refractivity contribution in [1.82, 2.24) is 0 Å². The van der Waals surface area contributed by atoms with Crippen LogP contribution >= 0.6 is 0 Å². The van der Waals surface area contributed by atoms with E-state index in [1.165, 1.54) is 24.3 Å². The van der Waals surface area contributed by atoms with Crippen LogP contribution in [0.4, 0.5) is 5.69 Å². The molecule has 1 aromatic carbocycles. The molecule has 0 amide bonds. The Bertz CT molecular complexity index is 450. The lowest BCUT2D eigenvalue weighted by Crippen LogP contribution is -2.09. The number of nitrogens with zero attached hydrogens (tertiary/aromatic N) is 1. The molecule has 0 radical (unpaired) electrons. The number of aliphatic hydroxyl groups is 1. The highest BCUT2D eigenvalue weighted by atomic mass is 16.6. The molecule has 0 aliphatic rings. The number of hydrogen-bond donors (Lipinski definition) is 1. The van der Waals surface area contributed by atoms with E-state index in [-0.39, 0.29) is 23.5 Å². The molecule has 0 aromatic heterocycles. The molecule has 5 heteroatoms. The zero-order valence-corrected chi connectivity index (χ0v) is 9.42. The van der Waals surface area contributed by atoms with Crippen LogP contribution in [0.2, 0.25) is 0 Å². The fraction of sp³-hybridized carbons (Fsp3) is 0.250. The second-order valence-corrected chi connectivity index (χ2v) is 3.55. The summed E-state index contributed by atoms with van der Waals surface area (Å²) in [4.78, 5) is 21.3. The van der Waals surface area contributed by atoms with E-state index in [1.807, 2.05) is 0 Å². The average molecular weight is 235 g/mol. The highest BCUT2D eigenvalue weighted by molar-refractivity contribution is 5.95. The first kappa shape index (κ1) is 13.1. The van der Waals surface area contributed by atoms with Crippen LogP contribution in [0.3, 0.4) is 0 Å². The number of non-ortho nitro benzene ring substituents is 1. The smallest absolute Gasteiger partial charge is 0.269 e. The van der Waals surface area contributed by atoms with Gasteiger partial charge in [-0.1, -0.05) is 13.5 Å². The topological polar surface area (TPSA) is 80.4 Å². The highest BCUT2D eigenvalue weighted by Gasteiger charge is 2.17. The lowest BCUT2D eigenvalue weighted by Gasteiger charge is -2.12. The maximum absolute atomic E-state index is 11.3. The van der Waals surface area contributed by atoms with E-state index in [4.69, 9.17) is 0 Å². The zero-order valence-electron chi connectivity index (χ0n) is 9.42. The number of aliphatic hydroxyl groups excluding tert-OH is 1. The van der Waals surface area contributed by atoms with Crippen molar-refractivity contribution in [3.8, 4) is 0 Å². The van der Waals surface area contributed by atoms with Crippen LogP contribution in [0, 0.1) is 10.1 Å². The minimum Gasteiger partial charge on any atom is -0.384 e. The van der Waals surface area contributed by atoms with Crippen molar-refractivity contribution in [2.45, 2.75) is 19.4 Å². The monoisotopic (exact) mass is 235 g/mol. The normalized spacial score (nSPS) is 11.9. The van der Waals surface area contributed by atoms with E-state index in [1.54, 1.807) is 6.92 Å². The second kappa shape index (κ2) is 5.36. The molecular formula is C12H13NO4. The molecule has 1 rings (SSSR count). The van der Waals surface area contributed by atoms with E-state index in [2.05, 4.69) is 6.58 Å². The van der Waals surface area contributed by atoms with Crippen LogP contribution in [0.25, 0.3) is 0 Å². The lowest BCUT2D eigenvalue weighted by atomic mass is 9.98. The summed E-state index contributed by atoms with van der Waals surface area (Å²) in [5, 5.41) is 20.3. The minimum atomic E-state index is -1.11. The third-order valence-electron chi connectivity index (χ3n) is 2.43. The Hall–Kier alpha value is -2.01. The summed E-state index contributed by atoms with van der Waals surface area (Å²) in [6.07, 6.45) is -0.841. The first-order chi connectivity index (χ1) is 7.97. The van der Waals surface area contributed by atoms with Gasteiger partial charge in [-0.2, -0.15) is 0 Å². The summed E-state index contributed by atoms with van der Waals surface area (Å²) in [7, 11) is 0. The molecule has 0 saturated carbocycles. The summed E-state index contributed by atoms with van der Waals surface area (Å²) in [6, 6.07) is 5.39. The molecule has 1 aromatic rings. The van der Waals surface area contributed by atoms with Gasteiger partial charge in [-0.3, -0.25) is 14.9 Å². The van der Waals surface area contributed by atoms with Crippen molar-refractivity contribution in [2.75, 3.05) is 0 Å². The van der Waals surface area contributed by atoms with Gasteiger partial charge in [0.15, 0.2) is 5.78 Å². The van der Waals surface area contributed by atoms with Crippen LogP contribution in [0.5, 0.6) is 0 Å². The first-order valence-corrected chi connectivity index (χ1v) is 5.11. The molecule has 1 atom stereocenters. The SMILES string of the molecule is C=C(C(=O)CC)C(O)c1ccc([N+](=O)[O-])cc1. The summed E-state index contributed by atoms with van der Waals surface area (Å²) in [5.41, 5.74) is 0.456. The Kier molecular flexibility index (Phi) is 4.12. The number of Topliss-reactive ketones (excluding diaryl/α,β-unsaturated/α-hetero) is 1. The van der Waals surface area contributed by atoms with Crippen LogP contribution in [0.15, 0.2) is 36.4 Å². The van der Waals surface area contributed by atoms with Gasteiger partial charge in [0.2, 0.25) is 0 Å². The van der Waals surface area contributed by atoms with Gasteiger partial charge in [0.05, 0.1) is 4.92 Å². The van der Waals surface area contributed by atoms with Crippen molar-refractivity contribution in [3.63, 3.8) is 0 Å². The van der Waals surface area contributed by atoms with E-state index in [0.29, 0.717) is 5.56 Å². The van der Waals surface area contributed by atoms with Gasteiger partial charge in [0, 0.05) is 24.1 Å². The fourth-order valence-electron chi connectivity index (χ4n) is 1.36. The number of benzene rings is 1. The van der Waals surface area contributed by atoms with Crippen molar-refractivity contribution in [3.05, 3.63) is 52.1 Å². The highest BCUT2D eigenvalue weighted by Crippen LogP contribution is 2.23. The third kappa shape index (κ3) is 2.98. The molecule has 1 N–H and O–H groups in total. The maximum atomic E-state index is 11.3. The summed E-state index contributed by atoms with van der Waals surface area (Å²) in [6.45, 7) is 5.20. The van der Waals surface area contributed by atoms with Crippen LogP contribution in [-0.4, -0.2) is 15.8 Å². The fourth-order valence-corrected chi connectivity index (χ4v) is 1.36. The standard InChI is InChI=1S/C12H13NO4/c1-3-11(14)8(2)12(15)9-4-6-10(7-5-9)13(16)17/h4-7,12,15H,2-3H2,1H3. The molecular weight excluding hydrogens is 222 g/mol. The first-order valence-electron chi connectivity index (χ1n) is 5.11. The minimum absolute atomic E-state index is 0.0617. The molecule has 0 heterocycles. The molecule has 0 bridgehead atoms. The number of rotatable bonds is 5. The molecule has 1 unspecified atom stereocenters. The summed E-state index contributed by atoms with van der Waals surface area (Å²) in [5.74, 6) is -0.226. The molecule has 0 aliphatic heterocycles. The Morgan fingerprint density at radius 3 is 2.41 bits per heavy atom. The van der Waals surface area contributed by atoms with Gasteiger partial charge in [-0.05, 0) is 17.7 Å². The van der Waals surface area contributed by atoms with Gasteiger partial charge < -0.3 is 5.11 Å². The molecule has 0 spiro atoms. The van der Waals surface area contributed by atoms with Crippen molar-refractivity contribution in [1.29, 1.82) is 0 Å². The Labute approximate surface area is 98.5 Å². The molecule has 5 nitrogen and oxygen atoms in total. The zero-order chi connectivity index (χ0) is 13.0. The molecule has 90 valence electrons. The van der Waals surface area contributed by atoms with E-state index in [0.717, 1.165) is 0 Å². The summed E-state index contributed by atoms with van der Waals surface area (Å²) < 4.78 is 0. The number of hydrogen-bond acceptors (Lipinski definition) is 4. The van der Waals surface area contributed by atoms with Gasteiger partial charge in [-0.25, -0.2) is 0 Å². The van der Waals surface area contributed by atoms with Crippen molar-refractivity contribution in [2.24, 2.45) is 0 Å². The molecule has 17 heavy (non-hydrogen) atoms. The van der Waals surface area contributed by atoms with E-state index >= 15 is 0 Å². The Balaban J connectivity index is 2.90. The van der Waals surface area contributed by atoms with Crippen LogP contribution in [-0.2, 0) is 4.79 Å². The summed E-state index contributed by atoms with van der Waals surface area (Å²) >= 11 is 0. The van der Waals surface area contributed by atoms with Gasteiger partial charge in [0.25, 0.3) is 5.69 Å². The van der Waals surface area contributed by atoms with Crippen molar-refractivity contribution < 1.29 is 14.8 Å². The van der Waals surface area contributed by atoms with E-state index < -0.39 is 11.0 Å². The molecule has 0 saturated heterocycles. The largest absolute Gasteiger partial charge is 0.384 e.